The van der Waals surface area contributed by atoms with Crippen LogP contribution in [0.5, 0.6) is 0 Å². The van der Waals surface area contributed by atoms with Gasteiger partial charge in [0.05, 0.1) is 22.2 Å². The van der Waals surface area contributed by atoms with E-state index in [2.05, 4.69) is 19.9 Å². The quantitative estimate of drug-likeness (QED) is 0.306. The Labute approximate surface area is 211 Å². The third-order valence-electron chi connectivity index (χ3n) is 5.24. The van der Waals surface area contributed by atoms with Gasteiger partial charge in [-0.15, -0.1) is 16.4 Å². The fourth-order valence-corrected chi connectivity index (χ4v) is 7.26. The molecule has 0 fully saturated rings. The summed E-state index contributed by atoms with van der Waals surface area (Å²) in [5.74, 6) is -0.555. The monoisotopic (exact) mass is 540 g/mol. The molecule has 1 N–H and O–H groups in total. The summed E-state index contributed by atoms with van der Waals surface area (Å²) in [6.07, 6.45) is 0.929. The fourth-order valence-electron chi connectivity index (χ4n) is 3.71. The zero-order chi connectivity index (χ0) is 25.3. The van der Waals surface area contributed by atoms with Crippen molar-refractivity contribution < 1.29 is 21.3 Å². The SMILES string of the molecule is CS(=O)(=O)Nc1nnc(C(c2nc3ccc(-c4ccccc4)cc3s2)S(=O)(=O)Cc2ccccc2)o1. The number of aromatic nitrogens is 3. The summed E-state index contributed by atoms with van der Waals surface area (Å²) >= 11 is 1.21. The molecular weight excluding hydrogens is 520 g/mol. The van der Waals surface area contributed by atoms with E-state index in [1.165, 1.54) is 11.3 Å². The van der Waals surface area contributed by atoms with Crippen molar-refractivity contribution in [1.29, 1.82) is 0 Å². The van der Waals surface area contributed by atoms with Crippen LogP contribution in [0.15, 0.2) is 83.3 Å². The van der Waals surface area contributed by atoms with Crippen LogP contribution in [0, 0.1) is 0 Å². The predicted octanol–water partition coefficient (Wildman–Crippen LogP) is 4.42. The molecule has 2 heterocycles. The molecule has 184 valence electrons. The van der Waals surface area contributed by atoms with Crippen LogP contribution in [0.1, 0.15) is 21.7 Å². The van der Waals surface area contributed by atoms with Gasteiger partial charge >= 0.3 is 6.01 Å². The average Bonchev–Trinajstić information content (AvgIpc) is 3.45. The van der Waals surface area contributed by atoms with E-state index >= 15 is 0 Å². The Morgan fingerprint density at radius 3 is 2.28 bits per heavy atom. The van der Waals surface area contributed by atoms with E-state index in [1.54, 1.807) is 30.3 Å². The maximum atomic E-state index is 13.7. The van der Waals surface area contributed by atoms with Crippen LogP contribution in [-0.2, 0) is 25.6 Å². The summed E-state index contributed by atoms with van der Waals surface area (Å²) < 4.78 is 58.8. The molecule has 0 aliphatic carbocycles. The number of hydrogen-bond acceptors (Lipinski definition) is 9. The molecule has 3 aromatic carbocycles. The van der Waals surface area contributed by atoms with Crippen LogP contribution in [-0.4, -0.2) is 38.3 Å². The summed E-state index contributed by atoms with van der Waals surface area (Å²) in [6.45, 7) is 0. The Morgan fingerprint density at radius 2 is 1.58 bits per heavy atom. The second-order valence-corrected chi connectivity index (χ2v) is 13.0. The first-order valence-corrected chi connectivity index (χ1v) is 15.1. The highest BCUT2D eigenvalue weighted by Gasteiger charge is 2.37. The smallest absolute Gasteiger partial charge is 0.329 e. The van der Waals surface area contributed by atoms with Crippen molar-refractivity contribution in [2.45, 2.75) is 11.0 Å². The normalized spacial score (nSPS) is 13.0. The first kappa shape index (κ1) is 24.1. The minimum absolute atomic E-state index is 0.251. The van der Waals surface area contributed by atoms with Crippen LogP contribution in [0.2, 0.25) is 0 Å². The Bertz CT molecular complexity index is 1730. The Morgan fingerprint density at radius 1 is 0.889 bits per heavy atom. The van der Waals surface area contributed by atoms with Gasteiger partial charge in [0.25, 0.3) is 0 Å². The van der Waals surface area contributed by atoms with Crippen LogP contribution in [0.4, 0.5) is 6.01 Å². The summed E-state index contributed by atoms with van der Waals surface area (Å²) in [7, 11) is -7.65. The van der Waals surface area contributed by atoms with Gasteiger partial charge < -0.3 is 4.42 Å². The average molecular weight is 541 g/mol. The lowest BCUT2D eigenvalue weighted by Crippen LogP contribution is -2.17. The van der Waals surface area contributed by atoms with Crippen molar-refractivity contribution in [2.75, 3.05) is 11.0 Å². The third kappa shape index (κ3) is 5.30. The van der Waals surface area contributed by atoms with E-state index < -0.39 is 31.1 Å². The molecule has 1 atom stereocenters. The van der Waals surface area contributed by atoms with Crippen molar-refractivity contribution in [3.05, 3.63) is 95.3 Å². The molecule has 0 spiro atoms. The number of nitrogens with zero attached hydrogens (tertiary/aromatic N) is 3. The number of hydrogen-bond donors (Lipinski definition) is 1. The highest BCUT2D eigenvalue weighted by molar-refractivity contribution is 7.92. The standard InChI is InChI=1S/C24H20N4O5S3/c1-35(29,30)28-24-27-26-22(33-24)21(36(31,32)15-16-8-4-2-5-9-16)23-25-19-13-12-18(14-20(19)34-23)17-10-6-3-7-11-17/h2-14,21H,15H2,1H3,(H,27,28). The molecule has 9 nitrogen and oxygen atoms in total. The Hall–Kier alpha value is -3.61. The Balaban J connectivity index is 1.60. The number of thiazole rings is 1. The topological polar surface area (TPSA) is 132 Å². The van der Waals surface area contributed by atoms with E-state index in [4.69, 9.17) is 4.42 Å². The maximum Gasteiger partial charge on any atom is 0.329 e. The molecule has 5 aromatic rings. The first-order valence-electron chi connectivity index (χ1n) is 10.7. The van der Waals surface area contributed by atoms with E-state index in [0.29, 0.717) is 11.1 Å². The third-order valence-corrected chi connectivity index (χ3v) is 8.90. The lowest BCUT2D eigenvalue weighted by atomic mass is 10.1. The number of anilines is 1. The van der Waals surface area contributed by atoms with Gasteiger partial charge in [0.1, 0.15) is 5.01 Å². The van der Waals surface area contributed by atoms with Gasteiger partial charge in [0, 0.05) is 0 Å². The largest absolute Gasteiger partial charge is 0.406 e. The molecule has 1 unspecified atom stereocenters. The van der Waals surface area contributed by atoms with Gasteiger partial charge in [-0.2, -0.15) is 0 Å². The van der Waals surface area contributed by atoms with E-state index in [9.17, 15) is 16.8 Å². The molecule has 0 saturated heterocycles. The summed E-state index contributed by atoms with van der Waals surface area (Å²) in [5.41, 5.74) is 3.21. The van der Waals surface area contributed by atoms with E-state index in [0.717, 1.165) is 22.1 Å². The minimum Gasteiger partial charge on any atom is -0.406 e. The molecule has 5 rings (SSSR count). The molecule has 0 bridgehead atoms. The van der Waals surface area contributed by atoms with Gasteiger partial charge in [-0.1, -0.05) is 71.8 Å². The fraction of sp³-hybridized carbons (Fsp3) is 0.125. The van der Waals surface area contributed by atoms with Crippen molar-refractivity contribution in [2.24, 2.45) is 0 Å². The van der Waals surface area contributed by atoms with Crippen LogP contribution >= 0.6 is 11.3 Å². The number of benzene rings is 3. The molecule has 2 aromatic heterocycles. The summed E-state index contributed by atoms with van der Waals surface area (Å²) in [6, 6.07) is 23.8. The van der Waals surface area contributed by atoms with Gasteiger partial charge in [-0.25, -0.2) is 26.5 Å². The molecule has 36 heavy (non-hydrogen) atoms. The number of sulfonamides is 1. The molecule has 12 heteroatoms. The second kappa shape index (κ2) is 9.45. The number of rotatable bonds is 8. The maximum absolute atomic E-state index is 13.7. The van der Waals surface area contributed by atoms with Crippen molar-refractivity contribution in [3.63, 3.8) is 0 Å². The zero-order valence-corrected chi connectivity index (χ0v) is 21.3. The molecular formula is C24H20N4O5S3. The number of sulfone groups is 1. The molecule has 0 radical (unpaired) electrons. The van der Waals surface area contributed by atoms with E-state index in [-0.39, 0.29) is 16.7 Å². The van der Waals surface area contributed by atoms with Gasteiger partial charge in [-0.3, -0.25) is 0 Å². The molecule has 0 amide bonds. The Kier molecular flexibility index (Phi) is 6.33. The molecule has 0 aliphatic rings. The summed E-state index contributed by atoms with van der Waals surface area (Å²) in [5, 5.41) is 6.42. The van der Waals surface area contributed by atoms with Crippen LogP contribution in [0.25, 0.3) is 21.3 Å². The van der Waals surface area contributed by atoms with Gasteiger partial charge in [-0.05, 0) is 28.8 Å². The lowest BCUT2D eigenvalue weighted by molar-refractivity contribution is 0.503. The number of fused-ring (bicyclic) bond motifs is 1. The summed E-state index contributed by atoms with van der Waals surface area (Å²) in [4.78, 5) is 4.59. The molecule has 0 aliphatic heterocycles. The number of nitrogens with one attached hydrogen (secondary N) is 1. The highest BCUT2D eigenvalue weighted by Crippen LogP contribution is 2.38. The van der Waals surface area contributed by atoms with Crippen molar-refractivity contribution in [3.8, 4) is 11.1 Å². The van der Waals surface area contributed by atoms with E-state index in [1.807, 2.05) is 48.5 Å². The lowest BCUT2D eigenvalue weighted by Gasteiger charge is -2.12. The zero-order valence-electron chi connectivity index (χ0n) is 18.9. The van der Waals surface area contributed by atoms with Crippen LogP contribution in [0.3, 0.4) is 0 Å². The van der Waals surface area contributed by atoms with Crippen LogP contribution < -0.4 is 4.72 Å². The van der Waals surface area contributed by atoms with Gasteiger partial charge in [0.2, 0.25) is 15.9 Å². The highest BCUT2D eigenvalue weighted by atomic mass is 32.2. The minimum atomic E-state index is -3.95. The van der Waals surface area contributed by atoms with Crippen molar-refractivity contribution in [1.82, 2.24) is 15.2 Å². The molecule has 0 saturated carbocycles. The van der Waals surface area contributed by atoms with Crippen molar-refractivity contribution >= 4 is 47.4 Å². The first-order chi connectivity index (χ1) is 17.2. The van der Waals surface area contributed by atoms with Gasteiger partial charge in [0.15, 0.2) is 15.1 Å². The second-order valence-electron chi connectivity index (χ2n) is 8.09. The predicted molar refractivity (Wildman–Crippen MR) is 139 cm³/mol.